The predicted molar refractivity (Wildman–Crippen MR) is 56.1 cm³/mol. The molecule has 8 nitrogen and oxygen atoms in total. The smallest absolute Gasteiger partial charge is 0.326 e. The molecule has 0 fully saturated rings. The number of aliphatic carboxylic acids is 1. The Kier molecular flexibility index (Phi) is 4.70. The quantitative estimate of drug-likeness (QED) is 0.596. The maximum absolute atomic E-state index is 11.4. The SMILES string of the molecule is CSCC[C@@H](NC(=O)c1nn[nH]n1)C(=O)O. The molecule has 0 unspecified atom stereocenters. The molecule has 0 aliphatic rings. The number of thioether (sulfide) groups is 1. The first-order valence-corrected chi connectivity index (χ1v) is 5.80. The first-order chi connectivity index (χ1) is 7.65. The molecule has 1 aromatic heterocycles. The molecule has 0 spiro atoms. The lowest BCUT2D eigenvalue weighted by atomic mass is 10.2. The Morgan fingerprint density at radius 2 is 2.38 bits per heavy atom. The topological polar surface area (TPSA) is 121 Å². The fraction of sp³-hybridized carbons (Fsp3) is 0.571. The third-order valence-electron chi connectivity index (χ3n) is 1.76. The Morgan fingerprint density at radius 3 is 2.88 bits per heavy atom. The number of nitrogens with one attached hydrogen (secondary N) is 2. The van der Waals surface area contributed by atoms with Crippen molar-refractivity contribution in [3.8, 4) is 0 Å². The molecule has 16 heavy (non-hydrogen) atoms. The van der Waals surface area contributed by atoms with Gasteiger partial charge in [-0.25, -0.2) is 4.79 Å². The van der Waals surface area contributed by atoms with E-state index in [0.717, 1.165) is 0 Å². The average Bonchev–Trinajstić information content (AvgIpc) is 2.76. The van der Waals surface area contributed by atoms with E-state index in [1.807, 2.05) is 6.26 Å². The van der Waals surface area contributed by atoms with Crippen molar-refractivity contribution in [2.45, 2.75) is 12.5 Å². The predicted octanol–water partition coefficient (Wildman–Crippen LogP) is -0.864. The van der Waals surface area contributed by atoms with Crippen LogP contribution in [0.2, 0.25) is 0 Å². The maximum atomic E-state index is 11.4. The summed E-state index contributed by atoms with van der Waals surface area (Å²) in [5.74, 6) is -1.26. The van der Waals surface area contributed by atoms with E-state index < -0.39 is 17.9 Å². The van der Waals surface area contributed by atoms with Gasteiger partial charge in [-0.15, -0.1) is 10.2 Å². The molecule has 3 N–H and O–H groups in total. The zero-order valence-corrected chi connectivity index (χ0v) is 9.32. The number of rotatable bonds is 6. The van der Waals surface area contributed by atoms with E-state index in [1.54, 1.807) is 0 Å². The molecule has 0 saturated heterocycles. The Hall–Kier alpha value is -1.64. The summed E-state index contributed by atoms with van der Waals surface area (Å²) in [7, 11) is 0. The minimum absolute atomic E-state index is 0.171. The summed E-state index contributed by atoms with van der Waals surface area (Å²) < 4.78 is 0. The van der Waals surface area contributed by atoms with Crippen LogP contribution in [0.25, 0.3) is 0 Å². The molecule has 0 aromatic carbocycles. The van der Waals surface area contributed by atoms with E-state index in [4.69, 9.17) is 5.11 Å². The molecule has 0 radical (unpaired) electrons. The number of carboxylic acid groups (broad SMARTS) is 1. The van der Waals surface area contributed by atoms with E-state index >= 15 is 0 Å². The number of carbonyl (C=O) groups excluding carboxylic acids is 1. The molecule has 0 bridgehead atoms. The number of H-pyrrole nitrogens is 1. The van der Waals surface area contributed by atoms with Crippen molar-refractivity contribution < 1.29 is 14.7 Å². The second-order valence-corrected chi connectivity index (χ2v) is 3.87. The normalized spacial score (nSPS) is 12.1. The third-order valence-corrected chi connectivity index (χ3v) is 2.41. The van der Waals surface area contributed by atoms with E-state index in [2.05, 4.69) is 25.9 Å². The summed E-state index contributed by atoms with van der Waals surface area (Å²) in [6.45, 7) is 0. The number of carboxylic acids is 1. The fourth-order valence-corrected chi connectivity index (χ4v) is 1.45. The number of aromatic nitrogens is 4. The Bertz CT molecular complexity index is 355. The number of hydrogen-bond donors (Lipinski definition) is 3. The van der Waals surface area contributed by atoms with Crippen LogP contribution in [0.3, 0.4) is 0 Å². The number of nitrogens with zero attached hydrogens (tertiary/aromatic N) is 3. The lowest BCUT2D eigenvalue weighted by molar-refractivity contribution is -0.139. The van der Waals surface area contributed by atoms with Gasteiger partial charge in [0.15, 0.2) is 0 Å². The van der Waals surface area contributed by atoms with Gasteiger partial charge in [-0.2, -0.15) is 17.0 Å². The number of aromatic amines is 1. The van der Waals surface area contributed by atoms with Crippen molar-refractivity contribution in [3.05, 3.63) is 5.82 Å². The standard InChI is InChI=1S/C7H11N5O3S/c1-16-3-2-4(7(14)15)8-6(13)5-9-11-12-10-5/h4H,2-3H2,1H3,(H,8,13)(H,14,15)(H,9,10,11,12)/t4-/m1/s1. The van der Waals surface area contributed by atoms with Crippen LogP contribution in [0, 0.1) is 0 Å². The van der Waals surface area contributed by atoms with Crippen molar-refractivity contribution >= 4 is 23.6 Å². The van der Waals surface area contributed by atoms with Crippen molar-refractivity contribution in [2.24, 2.45) is 0 Å². The van der Waals surface area contributed by atoms with Gasteiger partial charge in [0.2, 0.25) is 0 Å². The minimum atomic E-state index is -1.08. The lowest BCUT2D eigenvalue weighted by Gasteiger charge is -2.11. The summed E-state index contributed by atoms with van der Waals surface area (Å²) in [5.41, 5.74) is 0. The van der Waals surface area contributed by atoms with E-state index in [0.29, 0.717) is 12.2 Å². The molecule has 0 aliphatic carbocycles. The van der Waals surface area contributed by atoms with E-state index in [9.17, 15) is 9.59 Å². The van der Waals surface area contributed by atoms with Crippen LogP contribution in [0.15, 0.2) is 0 Å². The Morgan fingerprint density at radius 1 is 1.62 bits per heavy atom. The highest BCUT2D eigenvalue weighted by atomic mass is 32.2. The Labute approximate surface area is 95.2 Å². The van der Waals surface area contributed by atoms with Crippen LogP contribution >= 0.6 is 11.8 Å². The lowest BCUT2D eigenvalue weighted by Crippen LogP contribution is -2.41. The number of amides is 1. The Balaban J connectivity index is 2.54. The first-order valence-electron chi connectivity index (χ1n) is 4.41. The van der Waals surface area contributed by atoms with Gasteiger partial charge < -0.3 is 10.4 Å². The molecule has 9 heteroatoms. The van der Waals surface area contributed by atoms with Gasteiger partial charge in [-0.1, -0.05) is 0 Å². The summed E-state index contributed by atoms with van der Waals surface area (Å²) in [6.07, 6.45) is 2.21. The molecule has 88 valence electrons. The van der Waals surface area contributed by atoms with Crippen LogP contribution in [0.1, 0.15) is 17.0 Å². The number of carbonyl (C=O) groups is 2. The van der Waals surface area contributed by atoms with E-state index in [-0.39, 0.29) is 5.82 Å². The van der Waals surface area contributed by atoms with Crippen molar-refractivity contribution in [1.29, 1.82) is 0 Å². The second-order valence-electron chi connectivity index (χ2n) is 2.88. The second kappa shape index (κ2) is 6.05. The van der Waals surface area contributed by atoms with Gasteiger partial charge in [0.05, 0.1) is 0 Å². The molecule has 1 rings (SSSR count). The zero-order valence-electron chi connectivity index (χ0n) is 8.51. The van der Waals surface area contributed by atoms with Crippen LogP contribution < -0.4 is 5.32 Å². The molecule has 1 aromatic rings. The van der Waals surface area contributed by atoms with Crippen molar-refractivity contribution in [3.63, 3.8) is 0 Å². The van der Waals surface area contributed by atoms with Gasteiger partial charge in [-0.05, 0) is 23.6 Å². The van der Waals surface area contributed by atoms with Gasteiger partial charge in [-0.3, -0.25) is 4.79 Å². The molecule has 1 heterocycles. The summed E-state index contributed by atoms with van der Waals surface area (Å²) >= 11 is 1.51. The van der Waals surface area contributed by atoms with E-state index in [1.165, 1.54) is 11.8 Å². The molecule has 1 atom stereocenters. The summed E-state index contributed by atoms with van der Waals surface area (Å²) in [6, 6.07) is -0.932. The van der Waals surface area contributed by atoms with Gasteiger partial charge in [0.1, 0.15) is 6.04 Å². The minimum Gasteiger partial charge on any atom is -0.480 e. The van der Waals surface area contributed by atoms with Crippen molar-refractivity contribution in [2.75, 3.05) is 12.0 Å². The molecule has 0 aliphatic heterocycles. The summed E-state index contributed by atoms with van der Waals surface area (Å²) in [5, 5.41) is 23.4. The van der Waals surface area contributed by atoms with Crippen molar-refractivity contribution in [1.82, 2.24) is 25.9 Å². The maximum Gasteiger partial charge on any atom is 0.326 e. The highest BCUT2D eigenvalue weighted by molar-refractivity contribution is 7.98. The number of tetrazole rings is 1. The number of hydrogen-bond acceptors (Lipinski definition) is 6. The third kappa shape index (κ3) is 3.50. The molecular weight excluding hydrogens is 234 g/mol. The average molecular weight is 245 g/mol. The van der Waals surface area contributed by atoms with Crippen LogP contribution in [-0.4, -0.2) is 55.7 Å². The molecule has 0 saturated carbocycles. The highest BCUT2D eigenvalue weighted by Crippen LogP contribution is 2.01. The summed E-state index contributed by atoms with van der Waals surface area (Å²) in [4.78, 5) is 22.2. The molecule has 1 amide bonds. The van der Waals surface area contributed by atoms with Gasteiger partial charge in [0.25, 0.3) is 11.7 Å². The van der Waals surface area contributed by atoms with Crippen LogP contribution in [-0.2, 0) is 4.79 Å². The monoisotopic (exact) mass is 245 g/mol. The zero-order chi connectivity index (χ0) is 12.0. The van der Waals surface area contributed by atoms with Crippen LogP contribution in [0.4, 0.5) is 0 Å². The fourth-order valence-electron chi connectivity index (χ4n) is 0.974. The highest BCUT2D eigenvalue weighted by Gasteiger charge is 2.21. The molecular formula is C7H11N5O3S. The van der Waals surface area contributed by atoms with Crippen LogP contribution in [0.5, 0.6) is 0 Å². The largest absolute Gasteiger partial charge is 0.480 e. The van der Waals surface area contributed by atoms with Gasteiger partial charge >= 0.3 is 5.97 Å². The van der Waals surface area contributed by atoms with Gasteiger partial charge in [0, 0.05) is 0 Å². The first kappa shape index (κ1) is 12.4.